The van der Waals surface area contributed by atoms with E-state index < -0.39 is 0 Å². The molecule has 0 spiro atoms. The summed E-state index contributed by atoms with van der Waals surface area (Å²) in [5.74, 6) is 0.0103. The summed E-state index contributed by atoms with van der Waals surface area (Å²) in [6, 6.07) is 5.54. The fourth-order valence-corrected chi connectivity index (χ4v) is 3.10. The van der Waals surface area contributed by atoms with Gasteiger partial charge in [0.2, 0.25) is 0 Å². The van der Waals surface area contributed by atoms with E-state index in [1.54, 1.807) is 4.90 Å². The van der Waals surface area contributed by atoms with Gasteiger partial charge in [-0.2, -0.15) is 0 Å². The molecule has 1 amide bonds. The van der Waals surface area contributed by atoms with Crippen molar-refractivity contribution in [2.45, 2.75) is 6.10 Å². The van der Waals surface area contributed by atoms with Gasteiger partial charge in [0.1, 0.15) is 0 Å². The maximum absolute atomic E-state index is 12.4. The Labute approximate surface area is 123 Å². The molecule has 2 rings (SSSR count). The SMILES string of the molecule is NCC1CN(C(=O)c2ccc(Br)cc2Br)CCO1. The summed E-state index contributed by atoms with van der Waals surface area (Å²) in [4.78, 5) is 14.2. The van der Waals surface area contributed by atoms with Gasteiger partial charge in [0.15, 0.2) is 0 Å². The Morgan fingerprint density at radius 1 is 1.50 bits per heavy atom. The highest BCUT2D eigenvalue weighted by atomic mass is 79.9. The topological polar surface area (TPSA) is 55.6 Å². The number of carbonyl (C=O) groups excluding carboxylic acids is 1. The van der Waals surface area contributed by atoms with E-state index in [1.165, 1.54) is 0 Å². The van der Waals surface area contributed by atoms with Crippen LogP contribution in [0, 0.1) is 0 Å². The molecule has 0 bridgehead atoms. The summed E-state index contributed by atoms with van der Waals surface area (Å²) < 4.78 is 7.18. The second kappa shape index (κ2) is 6.14. The average Bonchev–Trinajstić information content (AvgIpc) is 2.38. The normalized spacial score (nSPS) is 19.9. The van der Waals surface area contributed by atoms with E-state index in [-0.39, 0.29) is 12.0 Å². The van der Waals surface area contributed by atoms with Crippen LogP contribution in [0.1, 0.15) is 10.4 Å². The fraction of sp³-hybridized carbons (Fsp3) is 0.417. The van der Waals surface area contributed by atoms with Crippen molar-refractivity contribution in [2.24, 2.45) is 5.73 Å². The molecular formula is C12H14Br2N2O2. The van der Waals surface area contributed by atoms with Gasteiger partial charge < -0.3 is 15.4 Å². The molecule has 0 aliphatic carbocycles. The van der Waals surface area contributed by atoms with Crippen molar-refractivity contribution in [1.82, 2.24) is 4.90 Å². The maximum Gasteiger partial charge on any atom is 0.255 e. The standard InChI is InChI=1S/C12H14Br2N2O2/c13-8-1-2-10(11(14)5-8)12(17)16-3-4-18-9(6-15)7-16/h1-2,5,9H,3-4,6-7,15H2. The highest BCUT2D eigenvalue weighted by molar-refractivity contribution is 9.11. The quantitative estimate of drug-likeness (QED) is 0.857. The van der Waals surface area contributed by atoms with Gasteiger partial charge in [-0.1, -0.05) is 15.9 Å². The first-order valence-corrected chi connectivity index (χ1v) is 7.26. The van der Waals surface area contributed by atoms with Crippen molar-refractivity contribution in [3.8, 4) is 0 Å². The molecule has 1 aliphatic heterocycles. The third kappa shape index (κ3) is 3.12. The first-order valence-electron chi connectivity index (χ1n) is 5.68. The van der Waals surface area contributed by atoms with Crippen molar-refractivity contribution in [1.29, 1.82) is 0 Å². The molecule has 1 aromatic carbocycles. The number of carbonyl (C=O) groups is 1. The Bertz CT molecular complexity index is 454. The van der Waals surface area contributed by atoms with Gasteiger partial charge in [0.25, 0.3) is 5.91 Å². The number of hydrogen-bond donors (Lipinski definition) is 1. The Kier molecular flexibility index (Phi) is 4.77. The lowest BCUT2D eigenvalue weighted by molar-refractivity contribution is -0.0167. The van der Waals surface area contributed by atoms with Gasteiger partial charge in [-0.15, -0.1) is 0 Å². The first kappa shape index (κ1) is 14.0. The monoisotopic (exact) mass is 376 g/mol. The van der Waals surface area contributed by atoms with Crippen LogP contribution < -0.4 is 5.73 Å². The number of ether oxygens (including phenoxy) is 1. The van der Waals surface area contributed by atoms with E-state index in [1.807, 2.05) is 18.2 Å². The van der Waals surface area contributed by atoms with Crippen LogP contribution in [0.2, 0.25) is 0 Å². The summed E-state index contributed by atoms with van der Waals surface area (Å²) in [6.07, 6.45) is -0.0584. The van der Waals surface area contributed by atoms with Gasteiger partial charge in [0.05, 0.1) is 18.3 Å². The smallest absolute Gasteiger partial charge is 0.255 e. The second-order valence-corrected chi connectivity index (χ2v) is 5.87. The Morgan fingerprint density at radius 2 is 2.28 bits per heavy atom. The maximum atomic E-state index is 12.4. The number of halogens is 2. The molecule has 2 N–H and O–H groups in total. The van der Waals surface area contributed by atoms with Crippen molar-refractivity contribution >= 4 is 37.8 Å². The van der Waals surface area contributed by atoms with Crippen LogP contribution >= 0.6 is 31.9 Å². The van der Waals surface area contributed by atoms with Gasteiger partial charge in [-0.05, 0) is 34.1 Å². The fourth-order valence-electron chi connectivity index (χ4n) is 1.88. The number of nitrogens with zero attached hydrogens (tertiary/aromatic N) is 1. The van der Waals surface area contributed by atoms with Gasteiger partial charge in [-0.3, -0.25) is 4.79 Å². The molecule has 1 aromatic rings. The lowest BCUT2D eigenvalue weighted by Crippen LogP contribution is -2.48. The predicted octanol–water partition coefficient (Wildman–Crippen LogP) is 2.01. The van der Waals surface area contributed by atoms with Crippen LogP contribution in [0.15, 0.2) is 27.1 Å². The van der Waals surface area contributed by atoms with Crippen LogP contribution in [0.3, 0.4) is 0 Å². The molecule has 1 unspecified atom stereocenters. The summed E-state index contributed by atoms with van der Waals surface area (Å²) in [7, 11) is 0. The number of morpholine rings is 1. The number of hydrogen-bond acceptors (Lipinski definition) is 3. The number of benzene rings is 1. The average molecular weight is 378 g/mol. The predicted molar refractivity (Wildman–Crippen MR) is 76.5 cm³/mol. The van der Waals surface area contributed by atoms with Gasteiger partial charge in [-0.25, -0.2) is 0 Å². The van der Waals surface area contributed by atoms with Crippen molar-refractivity contribution < 1.29 is 9.53 Å². The molecule has 4 nitrogen and oxygen atoms in total. The molecule has 6 heteroatoms. The molecule has 1 fully saturated rings. The van der Waals surface area contributed by atoms with Gasteiger partial charge >= 0.3 is 0 Å². The van der Waals surface area contributed by atoms with E-state index in [9.17, 15) is 4.79 Å². The van der Waals surface area contributed by atoms with Crippen molar-refractivity contribution in [2.75, 3.05) is 26.2 Å². The lowest BCUT2D eigenvalue weighted by Gasteiger charge is -2.32. The first-order chi connectivity index (χ1) is 8.61. The zero-order chi connectivity index (χ0) is 13.1. The summed E-state index contributed by atoms with van der Waals surface area (Å²) in [5, 5.41) is 0. The minimum absolute atomic E-state index is 0.0103. The van der Waals surface area contributed by atoms with Gasteiger partial charge in [0, 0.05) is 28.6 Å². The molecule has 0 aromatic heterocycles. The van der Waals surface area contributed by atoms with Crippen LogP contribution in [0.4, 0.5) is 0 Å². The molecule has 0 saturated carbocycles. The largest absolute Gasteiger partial charge is 0.373 e. The van der Waals surface area contributed by atoms with E-state index in [0.29, 0.717) is 31.8 Å². The number of amides is 1. The lowest BCUT2D eigenvalue weighted by atomic mass is 10.1. The number of rotatable bonds is 2. The Morgan fingerprint density at radius 3 is 2.94 bits per heavy atom. The third-order valence-corrected chi connectivity index (χ3v) is 4.00. The van der Waals surface area contributed by atoms with Crippen LogP contribution in [0.5, 0.6) is 0 Å². The second-order valence-electron chi connectivity index (χ2n) is 4.10. The van der Waals surface area contributed by atoms with E-state index in [4.69, 9.17) is 10.5 Å². The minimum Gasteiger partial charge on any atom is -0.373 e. The highest BCUT2D eigenvalue weighted by Gasteiger charge is 2.25. The van der Waals surface area contributed by atoms with Crippen LogP contribution in [0.25, 0.3) is 0 Å². The van der Waals surface area contributed by atoms with Crippen LogP contribution in [-0.2, 0) is 4.74 Å². The highest BCUT2D eigenvalue weighted by Crippen LogP contribution is 2.23. The molecular weight excluding hydrogens is 364 g/mol. The minimum atomic E-state index is -0.0584. The van der Waals surface area contributed by atoms with E-state index >= 15 is 0 Å². The molecule has 0 radical (unpaired) electrons. The van der Waals surface area contributed by atoms with Crippen LogP contribution in [-0.4, -0.2) is 43.2 Å². The zero-order valence-corrected chi connectivity index (χ0v) is 12.9. The molecule has 1 saturated heterocycles. The summed E-state index contributed by atoms with van der Waals surface area (Å²) in [5.41, 5.74) is 6.24. The third-order valence-electron chi connectivity index (χ3n) is 2.85. The molecule has 1 atom stereocenters. The molecule has 1 heterocycles. The van der Waals surface area contributed by atoms with E-state index in [0.717, 1.165) is 8.95 Å². The Hall–Kier alpha value is -0.430. The molecule has 98 valence electrons. The van der Waals surface area contributed by atoms with E-state index in [2.05, 4.69) is 31.9 Å². The molecule has 1 aliphatic rings. The summed E-state index contributed by atoms with van der Waals surface area (Å²) in [6.45, 7) is 2.14. The summed E-state index contributed by atoms with van der Waals surface area (Å²) >= 11 is 6.78. The Balaban J connectivity index is 2.15. The molecule has 18 heavy (non-hydrogen) atoms. The zero-order valence-electron chi connectivity index (χ0n) is 9.73. The van der Waals surface area contributed by atoms with Crippen molar-refractivity contribution in [3.63, 3.8) is 0 Å². The van der Waals surface area contributed by atoms with Crippen molar-refractivity contribution in [3.05, 3.63) is 32.7 Å². The number of nitrogens with two attached hydrogens (primary N) is 1.